The summed E-state index contributed by atoms with van der Waals surface area (Å²) < 4.78 is 1.62. The highest BCUT2D eigenvalue weighted by atomic mass is 32.2. The van der Waals surface area contributed by atoms with Gasteiger partial charge in [-0.15, -0.1) is 0 Å². The minimum Gasteiger partial charge on any atom is -0.380 e. The van der Waals surface area contributed by atoms with Crippen molar-refractivity contribution >= 4 is 11.8 Å². The number of aliphatic hydroxyl groups is 1. The van der Waals surface area contributed by atoms with Gasteiger partial charge >= 0.3 is 0 Å². The van der Waals surface area contributed by atoms with Crippen molar-refractivity contribution in [2.45, 2.75) is 5.60 Å². The maximum absolute atomic E-state index is 9.81. The van der Waals surface area contributed by atoms with Gasteiger partial charge in [-0.2, -0.15) is 16.9 Å². The molecular formula is C6H9N3OS. The van der Waals surface area contributed by atoms with Crippen molar-refractivity contribution in [3.63, 3.8) is 0 Å². The van der Waals surface area contributed by atoms with Crippen molar-refractivity contribution in [2.24, 2.45) is 7.05 Å². The molecule has 5 heteroatoms. The number of nitrogens with zero attached hydrogens (tertiary/aromatic N) is 3. The van der Waals surface area contributed by atoms with Gasteiger partial charge in [0, 0.05) is 18.6 Å². The Kier molecular flexibility index (Phi) is 1.43. The first-order valence-electron chi connectivity index (χ1n) is 3.37. The van der Waals surface area contributed by atoms with Crippen LogP contribution in [0.2, 0.25) is 0 Å². The molecule has 0 aromatic carbocycles. The Morgan fingerprint density at radius 3 is 2.82 bits per heavy atom. The van der Waals surface area contributed by atoms with Gasteiger partial charge in [-0.1, -0.05) is 0 Å². The lowest BCUT2D eigenvalue weighted by Crippen LogP contribution is -2.42. The van der Waals surface area contributed by atoms with Crippen LogP contribution in [0.5, 0.6) is 0 Å². The first kappa shape index (κ1) is 7.12. The third kappa shape index (κ3) is 0.954. The van der Waals surface area contributed by atoms with Gasteiger partial charge < -0.3 is 5.11 Å². The van der Waals surface area contributed by atoms with E-state index in [4.69, 9.17) is 0 Å². The average molecular weight is 171 g/mol. The zero-order valence-corrected chi connectivity index (χ0v) is 7.01. The summed E-state index contributed by atoms with van der Waals surface area (Å²) in [6.45, 7) is 0. The van der Waals surface area contributed by atoms with Crippen LogP contribution >= 0.6 is 11.8 Å². The number of hydrogen-bond acceptors (Lipinski definition) is 4. The van der Waals surface area contributed by atoms with E-state index in [9.17, 15) is 5.11 Å². The summed E-state index contributed by atoms with van der Waals surface area (Å²) in [5.41, 5.74) is -0.712. The minimum absolute atomic E-state index is 0.677. The average Bonchev–Trinajstić information content (AvgIpc) is 2.30. The molecule has 0 spiro atoms. The van der Waals surface area contributed by atoms with Crippen molar-refractivity contribution in [3.8, 4) is 0 Å². The fraction of sp³-hybridized carbons (Fsp3) is 0.667. The first-order chi connectivity index (χ1) is 5.22. The quantitative estimate of drug-likeness (QED) is 0.633. The summed E-state index contributed by atoms with van der Waals surface area (Å²) in [7, 11) is 1.79. The van der Waals surface area contributed by atoms with Crippen LogP contribution in [0.3, 0.4) is 0 Å². The first-order valence-corrected chi connectivity index (χ1v) is 4.52. The van der Waals surface area contributed by atoms with Crippen LogP contribution in [0, 0.1) is 0 Å². The fourth-order valence-corrected chi connectivity index (χ4v) is 1.99. The van der Waals surface area contributed by atoms with Gasteiger partial charge in [0.05, 0.1) is 0 Å². The summed E-state index contributed by atoms with van der Waals surface area (Å²) in [4.78, 5) is 4.00. The van der Waals surface area contributed by atoms with Gasteiger partial charge in [-0.05, 0) is 0 Å². The maximum Gasteiger partial charge on any atom is 0.160 e. The molecule has 11 heavy (non-hydrogen) atoms. The molecule has 1 aromatic rings. The normalized spacial score (nSPS) is 21.3. The monoisotopic (exact) mass is 171 g/mol. The third-order valence-electron chi connectivity index (χ3n) is 1.81. The van der Waals surface area contributed by atoms with Gasteiger partial charge in [0.2, 0.25) is 0 Å². The summed E-state index contributed by atoms with van der Waals surface area (Å²) in [6, 6.07) is 0. The third-order valence-corrected chi connectivity index (χ3v) is 3.17. The second kappa shape index (κ2) is 2.22. The molecule has 2 rings (SSSR count). The van der Waals surface area contributed by atoms with Gasteiger partial charge in [0.15, 0.2) is 5.82 Å². The highest BCUT2D eigenvalue weighted by molar-refractivity contribution is 8.00. The summed E-state index contributed by atoms with van der Waals surface area (Å²) in [5.74, 6) is 2.15. The standard InChI is InChI=1S/C6H9N3OS/c1-9-5(7-4-8-9)6(10)2-11-3-6/h4,10H,2-3H2,1H3. The molecule has 1 aliphatic rings. The molecule has 0 amide bonds. The molecule has 1 fully saturated rings. The van der Waals surface area contributed by atoms with Gasteiger partial charge in [0.25, 0.3) is 0 Å². The van der Waals surface area contributed by atoms with Crippen molar-refractivity contribution < 1.29 is 5.11 Å². The molecule has 0 unspecified atom stereocenters. The number of hydrogen-bond donors (Lipinski definition) is 1. The summed E-state index contributed by atoms with van der Waals surface area (Å²) >= 11 is 1.72. The molecule has 0 aliphatic carbocycles. The highest BCUT2D eigenvalue weighted by Gasteiger charge is 2.40. The molecule has 1 aromatic heterocycles. The fourth-order valence-electron chi connectivity index (χ4n) is 1.14. The lowest BCUT2D eigenvalue weighted by molar-refractivity contribution is 0.0631. The Morgan fingerprint density at radius 1 is 1.73 bits per heavy atom. The molecule has 1 N–H and O–H groups in total. The largest absolute Gasteiger partial charge is 0.380 e. The van der Waals surface area contributed by atoms with E-state index >= 15 is 0 Å². The van der Waals surface area contributed by atoms with Crippen LogP contribution in [-0.2, 0) is 12.6 Å². The van der Waals surface area contributed by atoms with Gasteiger partial charge in [-0.3, -0.25) is 4.68 Å². The predicted molar refractivity (Wildman–Crippen MR) is 42.2 cm³/mol. The van der Waals surface area contributed by atoms with Crippen LogP contribution in [-0.4, -0.2) is 31.4 Å². The second-order valence-corrected chi connectivity index (χ2v) is 3.72. The molecule has 0 atom stereocenters. The zero-order valence-electron chi connectivity index (χ0n) is 6.19. The van der Waals surface area contributed by atoms with Crippen molar-refractivity contribution in [3.05, 3.63) is 12.2 Å². The van der Waals surface area contributed by atoms with E-state index in [1.54, 1.807) is 23.5 Å². The van der Waals surface area contributed by atoms with Crippen molar-refractivity contribution in [1.29, 1.82) is 0 Å². The topological polar surface area (TPSA) is 50.9 Å². The van der Waals surface area contributed by atoms with Crippen LogP contribution in [0.1, 0.15) is 5.82 Å². The van der Waals surface area contributed by atoms with Gasteiger partial charge in [0.1, 0.15) is 11.9 Å². The number of thioether (sulfide) groups is 1. The van der Waals surface area contributed by atoms with Crippen LogP contribution < -0.4 is 0 Å². The smallest absolute Gasteiger partial charge is 0.160 e. The van der Waals surface area contributed by atoms with E-state index in [1.165, 1.54) is 6.33 Å². The SMILES string of the molecule is Cn1ncnc1C1(O)CSC1. The van der Waals surface area contributed by atoms with Crippen LogP contribution in [0.4, 0.5) is 0 Å². The number of aromatic nitrogens is 3. The predicted octanol–water partition coefficient (Wildman–Crippen LogP) is -0.250. The lowest BCUT2D eigenvalue weighted by Gasteiger charge is -2.34. The van der Waals surface area contributed by atoms with Crippen molar-refractivity contribution in [2.75, 3.05) is 11.5 Å². The van der Waals surface area contributed by atoms with Crippen LogP contribution in [0.25, 0.3) is 0 Å². The van der Waals surface area contributed by atoms with E-state index in [1.807, 2.05) is 0 Å². The number of aryl methyl sites for hydroxylation is 1. The maximum atomic E-state index is 9.81. The highest BCUT2D eigenvalue weighted by Crippen LogP contribution is 2.36. The Bertz CT molecular complexity index is 269. The van der Waals surface area contributed by atoms with E-state index in [-0.39, 0.29) is 0 Å². The van der Waals surface area contributed by atoms with Crippen LogP contribution in [0.15, 0.2) is 6.33 Å². The van der Waals surface area contributed by atoms with Crippen molar-refractivity contribution in [1.82, 2.24) is 14.8 Å². The molecule has 1 aliphatic heterocycles. The Balaban J connectivity index is 2.35. The lowest BCUT2D eigenvalue weighted by atomic mass is 10.1. The van der Waals surface area contributed by atoms with E-state index in [2.05, 4.69) is 10.1 Å². The molecular weight excluding hydrogens is 162 g/mol. The van der Waals surface area contributed by atoms with E-state index in [0.717, 1.165) is 11.5 Å². The molecule has 4 nitrogen and oxygen atoms in total. The minimum atomic E-state index is -0.712. The number of rotatable bonds is 1. The molecule has 2 heterocycles. The molecule has 1 saturated heterocycles. The Labute approximate surface area is 68.6 Å². The van der Waals surface area contributed by atoms with E-state index < -0.39 is 5.60 Å². The Morgan fingerprint density at radius 2 is 2.45 bits per heavy atom. The Hall–Kier alpha value is -0.550. The molecule has 0 bridgehead atoms. The summed E-state index contributed by atoms with van der Waals surface area (Å²) in [6.07, 6.45) is 1.47. The summed E-state index contributed by atoms with van der Waals surface area (Å²) in [5, 5.41) is 13.7. The molecule has 0 radical (unpaired) electrons. The second-order valence-electron chi connectivity index (χ2n) is 2.73. The zero-order chi connectivity index (χ0) is 7.90. The van der Waals surface area contributed by atoms with Gasteiger partial charge in [-0.25, -0.2) is 4.98 Å². The molecule has 0 saturated carbocycles. The molecule has 60 valence electrons. The van der Waals surface area contributed by atoms with E-state index in [0.29, 0.717) is 5.82 Å².